The van der Waals surface area contributed by atoms with Crippen molar-refractivity contribution in [3.8, 4) is 0 Å². The van der Waals surface area contributed by atoms with Crippen molar-refractivity contribution in [2.24, 2.45) is 0 Å². The van der Waals surface area contributed by atoms with Crippen LogP contribution in [-0.4, -0.2) is 64.2 Å². The minimum absolute atomic E-state index is 0.0190. The van der Waals surface area contributed by atoms with Crippen molar-refractivity contribution in [3.05, 3.63) is 30.0 Å². The second kappa shape index (κ2) is 5.57. The lowest BCUT2D eigenvalue weighted by atomic mass is 10.0. The van der Waals surface area contributed by atoms with Gasteiger partial charge in [-0.15, -0.1) is 0 Å². The standard InChI is InChI=1S/C16H19N5O2/c22-15(14-12-5-1-2-6-13(12)18-19-14)20-8-3-4-11(10-20)21-9-7-17-16(21)23/h1-2,5-6,11H,3-4,7-10H2,(H,17,23)(H,18,19)/t11-/m0/s1. The van der Waals surface area contributed by atoms with Gasteiger partial charge < -0.3 is 15.1 Å². The molecule has 1 aromatic heterocycles. The zero-order valence-electron chi connectivity index (χ0n) is 12.8. The van der Waals surface area contributed by atoms with Gasteiger partial charge in [0.15, 0.2) is 5.69 Å². The zero-order chi connectivity index (χ0) is 15.8. The summed E-state index contributed by atoms with van der Waals surface area (Å²) in [4.78, 5) is 28.4. The maximum Gasteiger partial charge on any atom is 0.317 e. The number of para-hydroxylation sites is 1. The van der Waals surface area contributed by atoms with E-state index in [0.29, 0.717) is 25.3 Å². The summed E-state index contributed by atoms with van der Waals surface area (Å²) in [5, 5.41) is 10.8. The molecule has 7 nitrogen and oxygen atoms in total. The molecular weight excluding hydrogens is 294 g/mol. The number of fused-ring (bicyclic) bond motifs is 1. The van der Waals surface area contributed by atoms with E-state index in [-0.39, 0.29) is 18.0 Å². The van der Waals surface area contributed by atoms with Gasteiger partial charge >= 0.3 is 6.03 Å². The molecular formula is C16H19N5O2. The van der Waals surface area contributed by atoms with E-state index in [4.69, 9.17) is 0 Å². The van der Waals surface area contributed by atoms with Gasteiger partial charge in [-0.3, -0.25) is 9.89 Å². The Bertz CT molecular complexity index is 756. The van der Waals surface area contributed by atoms with Crippen LogP contribution in [0.25, 0.3) is 10.9 Å². The number of aromatic nitrogens is 2. The Balaban J connectivity index is 1.55. The summed E-state index contributed by atoms with van der Waals surface area (Å²) in [6.07, 6.45) is 1.85. The van der Waals surface area contributed by atoms with Gasteiger partial charge in [-0.25, -0.2) is 4.79 Å². The second-order valence-corrected chi connectivity index (χ2v) is 6.09. The quantitative estimate of drug-likeness (QED) is 0.874. The van der Waals surface area contributed by atoms with Crippen LogP contribution in [0.15, 0.2) is 24.3 Å². The molecule has 120 valence electrons. The average molecular weight is 313 g/mol. The Morgan fingerprint density at radius 1 is 1.26 bits per heavy atom. The van der Waals surface area contributed by atoms with Crippen molar-refractivity contribution in [1.82, 2.24) is 25.3 Å². The molecule has 1 atom stereocenters. The lowest BCUT2D eigenvalue weighted by Crippen LogP contribution is -2.50. The first-order valence-electron chi connectivity index (χ1n) is 8.01. The molecule has 3 amide bonds. The van der Waals surface area contributed by atoms with Gasteiger partial charge in [0.2, 0.25) is 0 Å². The van der Waals surface area contributed by atoms with Crippen molar-refractivity contribution in [1.29, 1.82) is 0 Å². The first kappa shape index (κ1) is 14.0. The third-order valence-corrected chi connectivity index (χ3v) is 4.69. The number of piperidine rings is 1. The van der Waals surface area contributed by atoms with E-state index in [1.165, 1.54) is 0 Å². The summed E-state index contributed by atoms with van der Waals surface area (Å²) in [5.74, 6) is -0.0632. The molecule has 7 heteroatoms. The van der Waals surface area contributed by atoms with Gasteiger partial charge in [0.25, 0.3) is 5.91 Å². The predicted molar refractivity (Wildman–Crippen MR) is 85.1 cm³/mol. The van der Waals surface area contributed by atoms with Crippen molar-refractivity contribution in [2.75, 3.05) is 26.2 Å². The number of H-pyrrole nitrogens is 1. The van der Waals surface area contributed by atoms with Gasteiger partial charge in [0, 0.05) is 31.6 Å². The molecule has 2 aliphatic rings. The van der Waals surface area contributed by atoms with Crippen LogP contribution in [-0.2, 0) is 0 Å². The van der Waals surface area contributed by atoms with Crippen molar-refractivity contribution >= 4 is 22.8 Å². The number of amides is 3. The molecule has 0 unspecified atom stereocenters. The highest BCUT2D eigenvalue weighted by Crippen LogP contribution is 2.22. The van der Waals surface area contributed by atoms with Gasteiger partial charge in [-0.05, 0) is 18.9 Å². The number of urea groups is 1. The summed E-state index contributed by atoms with van der Waals surface area (Å²) in [6, 6.07) is 7.71. The minimum atomic E-state index is -0.0632. The summed E-state index contributed by atoms with van der Waals surface area (Å²) in [6.45, 7) is 2.70. The fourth-order valence-electron chi connectivity index (χ4n) is 3.50. The predicted octanol–water partition coefficient (Wildman–Crippen LogP) is 1.19. The van der Waals surface area contributed by atoms with E-state index in [9.17, 15) is 9.59 Å². The van der Waals surface area contributed by atoms with Crippen LogP contribution < -0.4 is 5.32 Å². The molecule has 2 fully saturated rings. The number of rotatable bonds is 2. The van der Waals surface area contributed by atoms with Crippen molar-refractivity contribution < 1.29 is 9.59 Å². The fraction of sp³-hybridized carbons (Fsp3) is 0.438. The van der Waals surface area contributed by atoms with Crippen LogP contribution in [0, 0.1) is 0 Å². The summed E-state index contributed by atoms with van der Waals surface area (Å²) < 4.78 is 0. The lowest BCUT2D eigenvalue weighted by Gasteiger charge is -2.36. The van der Waals surface area contributed by atoms with Crippen LogP contribution in [0.1, 0.15) is 23.3 Å². The van der Waals surface area contributed by atoms with Gasteiger partial charge in [0.1, 0.15) is 0 Å². The van der Waals surface area contributed by atoms with Gasteiger partial charge in [-0.1, -0.05) is 18.2 Å². The first-order chi connectivity index (χ1) is 11.2. The molecule has 0 saturated carbocycles. The zero-order valence-corrected chi connectivity index (χ0v) is 12.8. The van der Waals surface area contributed by atoms with Crippen LogP contribution in [0.3, 0.4) is 0 Å². The highest BCUT2D eigenvalue weighted by molar-refractivity contribution is 6.04. The van der Waals surface area contributed by atoms with Crippen LogP contribution >= 0.6 is 0 Å². The molecule has 0 spiro atoms. The molecule has 4 rings (SSSR count). The molecule has 2 N–H and O–H groups in total. The van der Waals surface area contributed by atoms with Crippen LogP contribution in [0.2, 0.25) is 0 Å². The number of hydrogen-bond acceptors (Lipinski definition) is 3. The highest BCUT2D eigenvalue weighted by atomic mass is 16.2. The van der Waals surface area contributed by atoms with Gasteiger partial charge in [-0.2, -0.15) is 5.10 Å². The van der Waals surface area contributed by atoms with E-state index >= 15 is 0 Å². The number of hydrogen-bond donors (Lipinski definition) is 2. The number of aromatic amines is 1. The Hall–Kier alpha value is -2.57. The molecule has 1 aromatic carbocycles. The Kier molecular flexibility index (Phi) is 3.40. The number of carbonyl (C=O) groups is 2. The number of nitrogens with zero attached hydrogens (tertiary/aromatic N) is 3. The fourth-order valence-corrected chi connectivity index (χ4v) is 3.50. The average Bonchev–Trinajstić information content (AvgIpc) is 3.20. The Labute approximate surface area is 133 Å². The molecule has 2 saturated heterocycles. The van der Waals surface area contributed by atoms with E-state index in [0.717, 1.165) is 30.3 Å². The maximum atomic E-state index is 12.8. The Morgan fingerprint density at radius 2 is 2.13 bits per heavy atom. The monoisotopic (exact) mass is 313 g/mol. The summed E-state index contributed by atoms with van der Waals surface area (Å²) in [7, 11) is 0. The molecule has 0 bridgehead atoms. The largest absolute Gasteiger partial charge is 0.336 e. The molecule has 2 aromatic rings. The lowest BCUT2D eigenvalue weighted by molar-refractivity contribution is 0.0630. The van der Waals surface area contributed by atoms with Crippen LogP contribution in [0.5, 0.6) is 0 Å². The third-order valence-electron chi connectivity index (χ3n) is 4.69. The maximum absolute atomic E-state index is 12.8. The van der Waals surface area contributed by atoms with E-state index < -0.39 is 0 Å². The summed E-state index contributed by atoms with van der Waals surface area (Å²) in [5.41, 5.74) is 1.33. The molecule has 3 heterocycles. The second-order valence-electron chi connectivity index (χ2n) is 6.09. The van der Waals surface area contributed by atoms with Crippen LogP contribution in [0.4, 0.5) is 4.79 Å². The normalized spacial score (nSPS) is 21.7. The van der Waals surface area contributed by atoms with Gasteiger partial charge in [0.05, 0.1) is 11.6 Å². The van der Waals surface area contributed by atoms with E-state index in [1.54, 1.807) is 0 Å². The summed E-state index contributed by atoms with van der Waals surface area (Å²) >= 11 is 0. The number of benzene rings is 1. The Morgan fingerprint density at radius 3 is 2.96 bits per heavy atom. The number of nitrogens with one attached hydrogen (secondary N) is 2. The highest BCUT2D eigenvalue weighted by Gasteiger charge is 2.33. The molecule has 2 aliphatic heterocycles. The van der Waals surface area contributed by atoms with E-state index in [1.807, 2.05) is 34.1 Å². The smallest absolute Gasteiger partial charge is 0.317 e. The topological polar surface area (TPSA) is 81.3 Å². The first-order valence-corrected chi connectivity index (χ1v) is 8.01. The third kappa shape index (κ3) is 2.42. The number of carbonyl (C=O) groups excluding carboxylic acids is 2. The molecule has 0 aliphatic carbocycles. The van der Waals surface area contributed by atoms with Crippen molar-refractivity contribution in [2.45, 2.75) is 18.9 Å². The van der Waals surface area contributed by atoms with E-state index in [2.05, 4.69) is 15.5 Å². The number of likely N-dealkylation sites (tertiary alicyclic amines) is 1. The molecule has 23 heavy (non-hydrogen) atoms. The molecule has 0 radical (unpaired) electrons. The SMILES string of the molecule is O=C(c1n[nH]c2ccccc12)N1CCC[C@H](N2CCNC2=O)C1. The minimum Gasteiger partial charge on any atom is -0.336 e. The van der Waals surface area contributed by atoms with Crippen molar-refractivity contribution in [3.63, 3.8) is 0 Å².